The van der Waals surface area contributed by atoms with Crippen LogP contribution in [0.2, 0.25) is 0 Å². The fraction of sp³-hybridized carbons (Fsp3) is 1.00. The summed E-state index contributed by atoms with van der Waals surface area (Å²) in [6.45, 7) is 6.10. The highest BCUT2D eigenvalue weighted by Crippen LogP contribution is 2.26. The van der Waals surface area contributed by atoms with Crippen LogP contribution in [0.5, 0.6) is 0 Å². The topological polar surface area (TPSA) is 24.1 Å². The first-order valence-electron chi connectivity index (χ1n) is 7.30. The van der Waals surface area contributed by atoms with Crippen LogP contribution in [0.15, 0.2) is 0 Å². The van der Waals surface area contributed by atoms with Crippen LogP contribution in [0, 0.1) is 11.8 Å². The second-order valence-electron chi connectivity index (χ2n) is 5.79. The van der Waals surface area contributed by atoms with Gasteiger partial charge in [-0.1, -0.05) is 19.3 Å². The van der Waals surface area contributed by atoms with Crippen LogP contribution in [0.25, 0.3) is 0 Å². The van der Waals surface area contributed by atoms with Crippen LogP contribution >= 0.6 is 0 Å². The lowest BCUT2D eigenvalue weighted by molar-refractivity contribution is 0.260. The minimum absolute atomic E-state index is 0.746. The lowest BCUT2D eigenvalue weighted by Crippen LogP contribution is -2.40. The van der Waals surface area contributed by atoms with Crippen molar-refractivity contribution in [2.75, 3.05) is 19.6 Å². The molecule has 2 aliphatic rings. The van der Waals surface area contributed by atoms with Gasteiger partial charge in [0.2, 0.25) is 0 Å². The highest BCUT2D eigenvalue weighted by atomic mass is 14.9. The predicted octanol–water partition coefficient (Wildman–Crippen LogP) is 2.54. The molecule has 2 N–H and O–H groups in total. The van der Waals surface area contributed by atoms with E-state index in [4.69, 9.17) is 0 Å². The lowest BCUT2D eigenvalue weighted by atomic mass is 9.84. The standard InChI is InChI=1S/C14H28N2/c1-12(14-5-3-2-4-6-14)16-11-13-7-9-15-10-8-13/h12-16H,2-11H2,1H3/t12-/m1/s1. The summed E-state index contributed by atoms with van der Waals surface area (Å²) in [4.78, 5) is 0. The monoisotopic (exact) mass is 224 g/mol. The molecule has 1 saturated heterocycles. The van der Waals surface area contributed by atoms with Crippen molar-refractivity contribution >= 4 is 0 Å². The van der Waals surface area contributed by atoms with Crippen molar-refractivity contribution in [2.45, 2.75) is 57.9 Å². The summed E-state index contributed by atoms with van der Waals surface area (Å²) < 4.78 is 0. The summed E-state index contributed by atoms with van der Waals surface area (Å²) in [5.41, 5.74) is 0. The first kappa shape index (κ1) is 12.4. The van der Waals surface area contributed by atoms with Gasteiger partial charge in [0.15, 0.2) is 0 Å². The van der Waals surface area contributed by atoms with Gasteiger partial charge in [-0.05, 0) is 64.1 Å². The average Bonchev–Trinajstić information content (AvgIpc) is 2.38. The highest BCUT2D eigenvalue weighted by Gasteiger charge is 2.21. The molecule has 1 heterocycles. The van der Waals surface area contributed by atoms with Crippen LogP contribution in [0.4, 0.5) is 0 Å². The number of nitrogens with one attached hydrogen (secondary N) is 2. The number of piperidine rings is 1. The van der Waals surface area contributed by atoms with Gasteiger partial charge in [0.25, 0.3) is 0 Å². The van der Waals surface area contributed by atoms with E-state index in [1.165, 1.54) is 64.6 Å². The molecule has 0 aromatic rings. The van der Waals surface area contributed by atoms with Gasteiger partial charge in [0.05, 0.1) is 0 Å². The first-order chi connectivity index (χ1) is 7.86. The molecule has 2 nitrogen and oxygen atoms in total. The maximum atomic E-state index is 3.79. The summed E-state index contributed by atoms with van der Waals surface area (Å²) in [6, 6.07) is 0.746. The van der Waals surface area contributed by atoms with Crippen molar-refractivity contribution in [3.63, 3.8) is 0 Å². The van der Waals surface area contributed by atoms with Crippen LogP contribution in [0.3, 0.4) is 0 Å². The van der Waals surface area contributed by atoms with Crippen molar-refractivity contribution in [3.05, 3.63) is 0 Å². The van der Waals surface area contributed by atoms with Gasteiger partial charge in [-0.15, -0.1) is 0 Å². The van der Waals surface area contributed by atoms with Crippen molar-refractivity contribution in [3.8, 4) is 0 Å². The van der Waals surface area contributed by atoms with Crippen LogP contribution in [0.1, 0.15) is 51.9 Å². The van der Waals surface area contributed by atoms with Crippen LogP contribution < -0.4 is 10.6 Å². The van der Waals surface area contributed by atoms with E-state index in [0.29, 0.717) is 0 Å². The van der Waals surface area contributed by atoms with Crippen LogP contribution in [-0.2, 0) is 0 Å². The molecule has 2 heteroatoms. The van der Waals surface area contributed by atoms with E-state index in [1.807, 2.05) is 0 Å². The molecule has 1 aliphatic carbocycles. The van der Waals surface area contributed by atoms with Gasteiger partial charge in [0, 0.05) is 6.04 Å². The van der Waals surface area contributed by atoms with Gasteiger partial charge in [0.1, 0.15) is 0 Å². The van der Waals surface area contributed by atoms with E-state index < -0.39 is 0 Å². The number of rotatable bonds is 4. The Kier molecular flexibility index (Phi) is 5.11. The third kappa shape index (κ3) is 3.74. The van der Waals surface area contributed by atoms with Crippen molar-refractivity contribution in [1.82, 2.24) is 10.6 Å². The quantitative estimate of drug-likeness (QED) is 0.767. The molecule has 0 amide bonds. The summed E-state index contributed by atoms with van der Waals surface area (Å²) >= 11 is 0. The minimum atomic E-state index is 0.746. The van der Waals surface area contributed by atoms with Gasteiger partial charge >= 0.3 is 0 Å². The Bertz CT molecular complexity index is 181. The Labute approximate surface area is 101 Å². The molecule has 1 saturated carbocycles. The van der Waals surface area contributed by atoms with Crippen molar-refractivity contribution < 1.29 is 0 Å². The zero-order valence-corrected chi connectivity index (χ0v) is 10.8. The molecule has 94 valence electrons. The highest BCUT2D eigenvalue weighted by molar-refractivity contribution is 4.78. The van der Waals surface area contributed by atoms with E-state index in [-0.39, 0.29) is 0 Å². The SMILES string of the molecule is C[C@@H](NCC1CCNCC1)C1CCCCC1. The molecule has 0 aromatic carbocycles. The molecular formula is C14H28N2. The molecule has 1 atom stereocenters. The van der Waals surface area contributed by atoms with Gasteiger partial charge in [-0.2, -0.15) is 0 Å². The van der Waals surface area contributed by atoms with Crippen molar-refractivity contribution in [2.24, 2.45) is 11.8 Å². The third-order valence-electron chi connectivity index (χ3n) is 4.54. The summed E-state index contributed by atoms with van der Waals surface area (Å²) in [7, 11) is 0. The maximum absolute atomic E-state index is 3.79. The normalized spacial score (nSPS) is 26.8. The molecule has 2 fully saturated rings. The van der Waals surface area contributed by atoms with Gasteiger partial charge < -0.3 is 10.6 Å². The Balaban J connectivity index is 1.63. The summed E-state index contributed by atoms with van der Waals surface area (Å²) in [6.07, 6.45) is 10.0. The van der Waals surface area contributed by atoms with Crippen LogP contribution in [-0.4, -0.2) is 25.7 Å². The third-order valence-corrected chi connectivity index (χ3v) is 4.54. The summed E-state index contributed by atoms with van der Waals surface area (Å²) in [5, 5.41) is 7.23. The molecule has 0 aromatic heterocycles. The zero-order chi connectivity index (χ0) is 11.2. The second-order valence-corrected chi connectivity index (χ2v) is 5.79. The van der Waals surface area contributed by atoms with E-state index in [0.717, 1.165) is 17.9 Å². The molecule has 0 bridgehead atoms. The Hall–Kier alpha value is -0.0800. The zero-order valence-electron chi connectivity index (χ0n) is 10.8. The van der Waals surface area contributed by atoms with E-state index in [1.54, 1.807) is 0 Å². The molecular weight excluding hydrogens is 196 g/mol. The number of hydrogen-bond acceptors (Lipinski definition) is 2. The molecule has 2 rings (SSSR count). The molecule has 16 heavy (non-hydrogen) atoms. The maximum Gasteiger partial charge on any atom is 0.00671 e. The van der Waals surface area contributed by atoms with E-state index >= 15 is 0 Å². The molecule has 0 spiro atoms. The first-order valence-corrected chi connectivity index (χ1v) is 7.30. The molecule has 1 aliphatic heterocycles. The summed E-state index contributed by atoms with van der Waals surface area (Å²) in [5.74, 6) is 1.88. The molecule has 0 unspecified atom stereocenters. The van der Waals surface area contributed by atoms with E-state index in [9.17, 15) is 0 Å². The van der Waals surface area contributed by atoms with Crippen molar-refractivity contribution in [1.29, 1.82) is 0 Å². The Morgan fingerprint density at radius 1 is 1.06 bits per heavy atom. The second kappa shape index (κ2) is 6.61. The average molecular weight is 224 g/mol. The van der Waals surface area contributed by atoms with E-state index in [2.05, 4.69) is 17.6 Å². The number of hydrogen-bond donors (Lipinski definition) is 2. The lowest BCUT2D eigenvalue weighted by Gasteiger charge is -2.31. The van der Waals surface area contributed by atoms with Gasteiger partial charge in [-0.25, -0.2) is 0 Å². The smallest absolute Gasteiger partial charge is 0.00671 e. The minimum Gasteiger partial charge on any atom is -0.317 e. The molecule has 0 radical (unpaired) electrons. The fourth-order valence-electron chi connectivity index (χ4n) is 3.24. The predicted molar refractivity (Wildman–Crippen MR) is 69.6 cm³/mol. The fourth-order valence-corrected chi connectivity index (χ4v) is 3.24. The van der Waals surface area contributed by atoms with Gasteiger partial charge in [-0.3, -0.25) is 0 Å². The Morgan fingerprint density at radius 3 is 2.44 bits per heavy atom. The largest absolute Gasteiger partial charge is 0.317 e. The Morgan fingerprint density at radius 2 is 1.75 bits per heavy atom.